The summed E-state index contributed by atoms with van der Waals surface area (Å²) >= 11 is 0. The Bertz CT molecular complexity index is 917. The van der Waals surface area contributed by atoms with Crippen LogP contribution in [-0.2, 0) is 11.3 Å². The van der Waals surface area contributed by atoms with Crippen molar-refractivity contribution in [1.82, 2.24) is 15.1 Å². The Hall–Kier alpha value is -2.92. The third kappa shape index (κ3) is 4.97. The smallest absolute Gasteiger partial charge is 0.251 e. The number of benzene rings is 2. The van der Waals surface area contributed by atoms with Crippen LogP contribution in [0.3, 0.4) is 0 Å². The van der Waals surface area contributed by atoms with Crippen LogP contribution >= 0.6 is 0 Å². The molecule has 2 amide bonds. The molecule has 0 unspecified atom stereocenters. The quantitative estimate of drug-likeness (QED) is 0.772. The van der Waals surface area contributed by atoms with Crippen molar-refractivity contribution in [3.63, 3.8) is 0 Å². The number of hydrogen-bond acceptors (Lipinski definition) is 3. The Kier molecular flexibility index (Phi) is 6.29. The summed E-state index contributed by atoms with van der Waals surface area (Å²) in [6, 6.07) is 18.6. The highest BCUT2D eigenvalue weighted by Crippen LogP contribution is 2.29. The molecule has 1 aliphatic heterocycles. The first-order chi connectivity index (χ1) is 14.6. The first-order valence-electron chi connectivity index (χ1n) is 10.7. The molecule has 1 N–H and O–H groups in total. The minimum Gasteiger partial charge on any atom is -0.355 e. The second-order valence-corrected chi connectivity index (χ2v) is 8.10. The van der Waals surface area contributed by atoms with Crippen molar-refractivity contribution < 1.29 is 9.59 Å². The Morgan fingerprint density at radius 1 is 1.07 bits per heavy atom. The summed E-state index contributed by atoms with van der Waals surface area (Å²) in [5.74, 6) is 0.121. The summed E-state index contributed by atoms with van der Waals surface area (Å²) in [6.07, 6.45) is 5.40. The van der Waals surface area contributed by atoms with E-state index in [-0.39, 0.29) is 11.8 Å². The van der Waals surface area contributed by atoms with Crippen molar-refractivity contribution in [2.75, 3.05) is 26.7 Å². The average Bonchev–Trinajstić information content (AvgIpc) is 3.65. The van der Waals surface area contributed by atoms with Crippen molar-refractivity contribution in [2.24, 2.45) is 0 Å². The Morgan fingerprint density at radius 3 is 2.40 bits per heavy atom. The predicted molar refractivity (Wildman–Crippen MR) is 119 cm³/mol. The number of hydrogen-bond donors (Lipinski definition) is 1. The normalized spacial score (nSPS) is 16.3. The maximum atomic E-state index is 13.0. The fourth-order valence-corrected chi connectivity index (χ4v) is 3.98. The summed E-state index contributed by atoms with van der Waals surface area (Å²) in [5, 5.41) is 2.64. The summed E-state index contributed by atoms with van der Waals surface area (Å²) in [5.41, 5.74) is 4.37. The number of nitrogens with zero attached hydrogens (tertiary/aromatic N) is 2. The molecule has 5 heteroatoms. The molecule has 1 heterocycles. The summed E-state index contributed by atoms with van der Waals surface area (Å²) in [7, 11) is 1.63. The third-order valence-corrected chi connectivity index (χ3v) is 5.94. The first-order valence-corrected chi connectivity index (χ1v) is 10.7. The molecule has 5 nitrogen and oxygen atoms in total. The molecular formula is C25H29N3O2. The standard InChI is InChI=1S/C25H29N3O2/c1-26-25(30)22-9-7-19(8-10-22)17-28(23-11-12-23)18-24(29)27-15-13-21(14-16-27)20-5-3-2-4-6-20/h2-10,13,23H,11-12,14-18H2,1H3,(H,26,30). The maximum absolute atomic E-state index is 13.0. The van der Waals surface area contributed by atoms with Gasteiger partial charge < -0.3 is 10.2 Å². The molecule has 2 aromatic rings. The Labute approximate surface area is 178 Å². The van der Waals surface area contributed by atoms with Crippen LogP contribution in [0.1, 0.15) is 40.7 Å². The van der Waals surface area contributed by atoms with Gasteiger partial charge in [0.15, 0.2) is 0 Å². The van der Waals surface area contributed by atoms with E-state index in [1.165, 1.54) is 11.1 Å². The molecule has 1 fully saturated rings. The number of carbonyl (C=O) groups is 2. The topological polar surface area (TPSA) is 52.7 Å². The van der Waals surface area contributed by atoms with Crippen LogP contribution in [0.2, 0.25) is 0 Å². The van der Waals surface area contributed by atoms with Gasteiger partial charge in [-0.2, -0.15) is 0 Å². The van der Waals surface area contributed by atoms with Gasteiger partial charge in [0.25, 0.3) is 5.91 Å². The average molecular weight is 404 g/mol. The lowest BCUT2D eigenvalue weighted by Crippen LogP contribution is -2.42. The zero-order chi connectivity index (χ0) is 20.9. The lowest BCUT2D eigenvalue weighted by molar-refractivity contribution is -0.132. The van der Waals surface area contributed by atoms with Crippen LogP contribution in [0.15, 0.2) is 60.7 Å². The van der Waals surface area contributed by atoms with Gasteiger partial charge in [0.05, 0.1) is 6.54 Å². The molecule has 2 aliphatic rings. The molecule has 0 aromatic heterocycles. The van der Waals surface area contributed by atoms with Gasteiger partial charge in [-0.3, -0.25) is 14.5 Å². The van der Waals surface area contributed by atoms with Crippen LogP contribution in [0, 0.1) is 0 Å². The largest absolute Gasteiger partial charge is 0.355 e. The lowest BCUT2D eigenvalue weighted by Gasteiger charge is -2.30. The SMILES string of the molecule is CNC(=O)c1ccc(CN(CC(=O)N2CC=C(c3ccccc3)CC2)C2CC2)cc1. The van der Waals surface area contributed by atoms with Crippen molar-refractivity contribution in [1.29, 1.82) is 0 Å². The summed E-state index contributed by atoms with van der Waals surface area (Å²) < 4.78 is 0. The van der Waals surface area contributed by atoms with Crippen LogP contribution in [0.25, 0.3) is 5.57 Å². The van der Waals surface area contributed by atoms with E-state index in [1.54, 1.807) is 7.05 Å². The zero-order valence-corrected chi connectivity index (χ0v) is 17.5. The van der Waals surface area contributed by atoms with E-state index in [0.717, 1.165) is 37.9 Å². The van der Waals surface area contributed by atoms with E-state index in [2.05, 4.69) is 40.6 Å². The van der Waals surface area contributed by atoms with Gasteiger partial charge in [0.1, 0.15) is 0 Å². The Balaban J connectivity index is 1.35. The molecule has 0 radical (unpaired) electrons. The van der Waals surface area contributed by atoms with E-state index < -0.39 is 0 Å². The van der Waals surface area contributed by atoms with Crippen LogP contribution in [0.5, 0.6) is 0 Å². The van der Waals surface area contributed by atoms with Gasteiger partial charge in [-0.1, -0.05) is 48.5 Å². The number of amides is 2. The van der Waals surface area contributed by atoms with Crippen molar-refractivity contribution in [3.8, 4) is 0 Å². The minimum absolute atomic E-state index is 0.0798. The molecule has 0 atom stereocenters. The number of rotatable bonds is 7. The van der Waals surface area contributed by atoms with E-state index in [9.17, 15) is 9.59 Å². The highest BCUT2D eigenvalue weighted by Gasteiger charge is 2.31. The highest BCUT2D eigenvalue weighted by molar-refractivity contribution is 5.93. The van der Waals surface area contributed by atoms with E-state index in [1.807, 2.05) is 35.2 Å². The molecular weight excluding hydrogens is 374 g/mol. The second-order valence-electron chi connectivity index (χ2n) is 8.10. The Morgan fingerprint density at radius 2 is 1.80 bits per heavy atom. The molecule has 1 aliphatic carbocycles. The fourth-order valence-electron chi connectivity index (χ4n) is 3.98. The fraction of sp³-hybridized carbons (Fsp3) is 0.360. The molecule has 4 rings (SSSR count). The minimum atomic E-state index is -0.0798. The van der Waals surface area contributed by atoms with E-state index in [4.69, 9.17) is 0 Å². The first kappa shape index (κ1) is 20.4. The second kappa shape index (κ2) is 9.26. The van der Waals surface area contributed by atoms with E-state index in [0.29, 0.717) is 24.7 Å². The number of carbonyl (C=O) groups excluding carboxylic acids is 2. The molecule has 1 saturated carbocycles. The maximum Gasteiger partial charge on any atom is 0.251 e. The van der Waals surface area contributed by atoms with Crippen LogP contribution in [0.4, 0.5) is 0 Å². The molecule has 0 bridgehead atoms. The lowest BCUT2D eigenvalue weighted by atomic mass is 9.99. The van der Waals surface area contributed by atoms with Crippen LogP contribution < -0.4 is 5.32 Å². The van der Waals surface area contributed by atoms with Crippen molar-refractivity contribution in [2.45, 2.75) is 31.8 Å². The van der Waals surface area contributed by atoms with Crippen molar-refractivity contribution >= 4 is 17.4 Å². The van der Waals surface area contributed by atoms with Gasteiger partial charge >= 0.3 is 0 Å². The van der Waals surface area contributed by atoms with Gasteiger partial charge in [0.2, 0.25) is 5.91 Å². The van der Waals surface area contributed by atoms with Gasteiger partial charge in [-0.25, -0.2) is 0 Å². The summed E-state index contributed by atoms with van der Waals surface area (Å²) in [4.78, 5) is 28.9. The van der Waals surface area contributed by atoms with Gasteiger partial charge in [-0.15, -0.1) is 0 Å². The van der Waals surface area contributed by atoms with Gasteiger partial charge in [0, 0.05) is 38.3 Å². The van der Waals surface area contributed by atoms with Gasteiger partial charge in [-0.05, 0) is 48.1 Å². The molecule has 2 aromatic carbocycles. The molecule has 30 heavy (non-hydrogen) atoms. The third-order valence-electron chi connectivity index (χ3n) is 5.94. The molecule has 0 saturated heterocycles. The molecule has 0 spiro atoms. The van der Waals surface area contributed by atoms with Crippen LogP contribution in [-0.4, -0.2) is 54.3 Å². The molecule has 156 valence electrons. The monoisotopic (exact) mass is 403 g/mol. The zero-order valence-electron chi connectivity index (χ0n) is 17.5. The highest BCUT2D eigenvalue weighted by atomic mass is 16.2. The van der Waals surface area contributed by atoms with E-state index >= 15 is 0 Å². The summed E-state index contributed by atoms with van der Waals surface area (Å²) in [6.45, 7) is 2.65. The van der Waals surface area contributed by atoms with Crippen molar-refractivity contribution in [3.05, 3.63) is 77.4 Å². The number of nitrogens with one attached hydrogen (secondary N) is 1. The predicted octanol–water partition coefficient (Wildman–Crippen LogP) is 3.33.